The summed E-state index contributed by atoms with van der Waals surface area (Å²) in [5.41, 5.74) is 2.49. The molecule has 0 aliphatic carbocycles. The Morgan fingerprint density at radius 2 is 2.04 bits per heavy atom. The van der Waals surface area contributed by atoms with E-state index in [4.69, 9.17) is 4.52 Å². The van der Waals surface area contributed by atoms with Gasteiger partial charge in [0.25, 0.3) is 0 Å². The van der Waals surface area contributed by atoms with Gasteiger partial charge >= 0.3 is 0 Å². The summed E-state index contributed by atoms with van der Waals surface area (Å²) in [5.74, 6) is 0.527. The Labute approximate surface area is 150 Å². The molecule has 3 heterocycles. The summed E-state index contributed by atoms with van der Waals surface area (Å²) in [7, 11) is -2.09. The van der Waals surface area contributed by atoms with E-state index < -0.39 is 10.0 Å². The first-order valence-electron chi connectivity index (χ1n) is 7.85. The van der Waals surface area contributed by atoms with Crippen LogP contribution in [0, 0.1) is 13.8 Å². The number of hydrogen-bond acceptors (Lipinski definition) is 6. The molecule has 0 saturated heterocycles. The van der Waals surface area contributed by atoms with E-state index in [1.165, 1.54) is 15.6 Å². The summed E-state index contributed by atoms with van der Waals surface area (Å²) in [6.07, 6.45) is 0.746. The third kappa shape index (κ3) is 3.53. The first-order valence-corrected chi connectivity index (χ1v) is 10.1. The van der Waals surface area contributed by atoms with E-state index in [1.807, 2.05) is 19.9 Å². The number of nitrogens with zero attached hydrogens (tertiary/aromatic N) is 3. The Morgan fingerprint density at radius 1 is 1.28 bits per heavy atom. The van der Waals surface area contributed by atoms with Crippen molar-refractivity contribution in [2.24, 2.45) is 0 Å². The van der Waals surface area contributed by atoms with Crippen molar-refractivity contribution in [3.63, 3.8) is 0 Å². The van der Waals surface area contributed by atoms with E-state index in [0.717, 1.165) is 33.3 Å². The number of H-pyrrole nitrogens is 1. The van der Waals surface area contributed by atoms with Crippen molar-refractivity contribution >= 4 is 21.4 Å². The largest absolute Gasteiger partial charge is 0.360 e. The van der Waals surface area contributed by atoms with Crippen LogP contribution in [0.25, 0.3) is 10.6 Å². The zero-order valence-electron chi connectivity index (χ0n) is 14.5. The van der Waals surface area contributed by atoms with Crippen LogP contribution in [0.3, 0.4) is 0 Å². The SMILES string of the molecule is CCc1cc(CN(C)S(=O)(=O)c2cc(-c3cc(C)[nH]n3)sc2C)on1. The maximum atomic E-state index is 12.9. The van der Waals surface area contributed by atoms with Gasteiger partial charge in [0.1, 0.15) is 5.69 Å². The molecule has 0 bridgehead atoms. The molecule has 3 aromatic rings. The van der Waals surface area contributed by atoms with Crippen molar-refractivity contribution in [3.05, 3.63) is 40.2 Å². The summed E-state index contributed by atoms with van der Waals surface area (Å²) >= 11 is 1.41. The van der Waals surface area contributed by atoms with Crippen LogP contribution in [0.4, 0.5) is 0 Å². The maximum absolute atomic E-state index is 12.9. The molecule has 0 aromatic carbocycles. The summed E-state index contributed by atoms with van der Waals surface area (Å²) in [5, 5.41) is 11.0. The maximum Gasteiger partial charge on any atom is 0.244 e. The highest BCUT2D eigenvalue weighted by atomic mass is 32.2. The predicted molar refractivity (Wildman–Crippen MR) is 95.9 cm³/mol. The third-order valence-electron chi connectivity index (χ3n) is 3.87. The number of aromatic amines is 1. The molecule has 1 N–H and O–H groups in total. The van der Waals surface area contributed by atoms with Crippen LogP contribution in [-0.2, 0) is 23.0 Å². The zero-order valence-corrected chi connectivity index (χ0v) is 16.2. The van der Waals surface area contributed by atoms with E-state index in [9.17, 15) is 8.42 Å². The van der Waals surface area contributed by atoms with Crippen LogP contribution in [0.1, 0.15) is 28.9 Å². The topological polar surface area (TPSA) is 92.1 Å². The molecule has 0 aliphatic heterocycles. The fourth-order valence-electron chi connectivity index (χ4n) is 2.46. The van der Waals surface area contributed by atoms with Crippen LogP contribution in [0.15, 0.2) is 27.6 Å². The molecular formula is C16H20N4O3S2. The highest BCUT2D eigenvalue weighted by Crippen LogP contribution is 2.34. The van der Waals surface area contributed by atoms with Crippen molar-refractivity contribution < 1.29 is 12.9 Å². The van der Waals surface area contributed by atoms with Crippen LogP contribution >= 0.6 is 11.3 Å². The number of aryl methyl sites for hydroxylation is 3. The molecule has 0 spiro atoms. The molecule has 3 aromatic heterocycles. The van der Waals surface area contributed by atoms with Gasteiger partial charge in [-0.25, -0.2) is 8.42 Å². The molecule has 0 amide bonds. The highest BCUT2D eigenvalue weighted by molar-refractivity contribution is 7.89. The molecule has 0 radical (unpaired) electrons. The molecule has 0 fully saturated rings. The summed E-state index contributed by atoms with van der Waals surface area (Å²) in [6.45, 7) is 5.82. The van der Waals surface area contributed by atoms with Gasteiger partial charge in [0.05, 0.1) is 22.0 Å². The Hall–Kier alpha value is -1.97. The zero-order chi connectivity index (χ0) is 18.2. The smallest absolute Gasteiger partial charge is 0.244 e. The van der Waals surface area contributed by atoms with Gasteiger partial charge in [-0.2, -0.15) is 9.40 Å². The monoisotopic (exact) mass is 380 g/mol. The second kappa shape index (κ2) is 6.74. The van der Waals surface area contributed by atoms with Gasteiger partial charge in [-0.15, -0.1) is 11.3 Å². The van der Waals surface area contributed by atoms with E-state index >= 15 is 0 Å². The lowest BCUT2D eigenvalue weighted by molar-refractivity contribution is 0.340. The first-order chi connectivity index (χ1) is 11.8. The van der Waals surface area contributed by atoms with E-state index in [1.54, 1.807) is 26.1 Å². The number of thiophene rings is 1. The minimum absolute atomic E-state index is 0.140. The summed E-state index contributed by atoms with van der Waals surface area (Å²) < 4.78 is 32.3. The fraction of sp³-hybridized carbons (Fsp3) is 0.375. The number of nitrogens with one attached hydrogen (secondary N) is 1. The average molecular weight is 380 g/mol. The minimum atomic E-state index is -3.63. The van der Waals surface area contributed by atoms with Gasteiger partial charge in [-0.05, 0) is 32.4 Å². The van der Waals surface area contributed by atoms with Crippen LogP contribution in [0.5, 0.6) is 0 Å². The second-order valence-electron chi connectivity index (χ2n) is 5.87. The Balaban J connectivity index is 1.87. The fourth-order valence-corrected chi connectivity index (χ4v) is 5.12. The normalized spacial score (nSPS) is 12.2. The summed E-state index contributed by atoms with van der Waals surface area (Å²) in [6, 6.07) is 5.36. The first kappa shape index (κ1) is 17.8. The van der Waals surface area contributed by atoms with Crippen molar-refractivity contribution in [1.29, 1.82) is 0 Å². The summed E-state index contributed by atoms with van der Waals surface area (Å²) in [4.78, 5) is 1.85. The van der Waals surface area contributed by atoms with Gasteiger partial charge in [-0.1, -0.05) is 12.1 Å². The molecule has 9 heteroatoms. The molecule has 0 saturated carbocycles. The lowest BCUT2D eigenvalue weighted by atomic mass is 10.3. The van der Waals surface area contributed by atoms with E-state index in [-0.39, 0.29) is 6.54 Å². The van der Waals surface area contributed by atoms with Crippen molar-refractivity contribution in [2.45, 2.75) is 38.6 Å². The molecule has 134 valence electrons. The number of sulfonamides is 1. The van der Waals surface area contributed by atoms with Crippen LogP contribution in [-0.4, -0.2) is 35.1 Å². The Morgan fingerprint density at radius 3 is 2.64 bits per heavy atom. The van der Waals surface area contributed by atoms with Gasteiger partial charge in [0.2, 0.25) is 10.0 Å². The quantitative estimate of drug-likeness (QED) is 0.709. The van der Waals surface area contributed by atoms with Crippen molar-refractivity contribution in [2.75, 3.05) is 7.05 Å². The van der Waals surface area contributed by atoms with Crippen LogP contribution < -0.4 is 0 Å². The molecule has 7 nitrogen and oxygen atoms in total. The standard InChI is InChI=1S/C16H20N4O3S2/c1-5-12-7-13(23-19-12)9-20(4)25(21,22)16-8-15(24-11(16)3)14-6-10(2)17-18-14/h6-8H,5,9H2,1-4H3,(H,17,18). The second-order valence-corrected chi connectivity index (χ2v) is 9.14. The molecule has 0 aliphatic rings. The minimum Gasteiger partial charge on any atom is -0.360 e. The molecular weight excluding hydrogens is 360 g/mol. The molecule has 3 rings (SSSR count). The lowest BCUT2D eigenvalue weighted by Crippen LogP contribution is -2.26. The van der Waals surface area contributed by atoms with Gasteiger partial charge < -0.3 is 4.52 Å². The third-order valence-corrected chi connectivity index (χ3v) is 7.00. The van der Waals surface area contributed by atoms with Gasteiger partial charge in [0.15, 0.2) is 5.76 Å². The number of hydrogen-bond donors (Lipinski definition) is 1. The Kier molecular flexibility index (Phi) is 4.81. The molecule has 0 unspecified atom stereocenters. The highest BCUT2D eigenvalue weighted by Gasteiger charge is 2.26. The van der Waals surface area contributed by atoms with E-state index in [2.05, 4.69) is 15.4 Å². The number of rotatable bonds is 6. The predicted octanol–water partition coefficient (Wildman–Crippen LogP) is 3.13. The average Bonchev–Trinajstić information content (AvgIpc) is 3.27. The van der Waals surface area contributed by atoms with Crippen molar-refractivity contribution in [3.8, 4) is 10.6 Å². The van der Waals surface area contributed by atoms with Gasteiger partial charge in [-0.3, -0.25) is 5.10 Å². The van der Waals surface area contributed by atoms with Crippen molar-refractivity contribution in [1.82, 2.24) is 19.7 Å². The molecule has 25 heavy (non-hydrogen) atoms. The number of aromatic nitrogens is 3. The molecule has 0 atom stereocenters. The van der Waals surface area contributed by atoms with E-state index in [0.29, 0.717) is 10.7 Å². The Bertz CT molecular complexity index is 985. The lowest BCUT2D eigenvalue weighted by Gasteiger charge is -2.15. The van der Waals surface area contributed by atoms with Gasteiger partial charge in [0, 0.05) is 23.7 Å². The van der Waals surface area contributed by atoms with Crippen LogP contribution in [0.2, 0.25) is 0 Å².